The third-order valence-corrected chi connectivity index (χ3v) is 3.85. The summed E-state index contributed by atoms with van der Waals surface area (Å²) >= 11 is 5.93. The van der Waals surface area contributed by atoms with Crippen molar-refractivity contribution < 1.29 is 18.7 Å². The molecule has 25 heavy (non-hydrogen) atoms. The summed E-state index contributed by atoms with van der Waals surface area (Å²) in [6, 6.07) is 10.5. The van der Waals surface area contributed by atoms with Crippen LogP contribution in [0.15, 0.2) is 42.5 Å². The molecule has 0 radical (unpaired) electrons. The average Bonchev–Trinajstić information content (AvgIpc) is 2.57. The molecule has 0 atom stereocenters. The highest BCUT2D eigenvalue weighted by Gasteiger charge is 2.14. The third kappa shape index (κ3) is 5.76. The maximum absolute atomic E-state index is 12.8. The van der Waals surface area contributed by atoms with Crippen LogP contribution in [0.3, 0.4) is 0 Å². The number of hydrogen-bond acceptors (Lipinski definition) is 3. The van der Waals surface area contributed by atoms with E-state index in [1.54, 1.807) is 18.2 Å². The van der Waals surface area contributed by atoms with Gasteiger partial charge in [0.1, 0.15) is 11.6 Å². The molecule has 7 heteroatoms. The van der Waals surface area contributed by atoms with E-state index in [9.17, 15) is 14.0 Å². The number of aryl methyl sites for hydroxylation is 1. The van der Waals surface area contributed by atoms with Crippen LogP contribution in [0.2, 0.25) is 5.02 Å². The van der Waals surface area contributed by atoms with Crippen molar-refractivity contribution in [2.75, 3.05) is 25.5 Å². The number of hydrogen-bond donors (Lipinski definition) is 1. The molecule has 0 aliphatic heterocycles. The van der Waals surface area contributed by atoms with E-state index in [-0.39, 0.29) is 30.8 Å². The summed E-state index contributed by atoms with van der Waals surface area (Å²) in [4.78, 5) is 25.2. The minimum Gasteiger partial charge on any atom is -0.484 e. The van der Waals surface area contributed by atoms with Crippen LogP contribution in [0.1, 0.15) is 5.56 Å². The Balaban J connectivity index is 1.81. The van der Waals surface area contributed by atoms with Crippen LogP contribution in [0.25, 0.3) is 0 Å². The normalized spacial score (nSPS) is 10.2. The molecular formula is C18H18ClFN2O3. The summed E-state index contributed by atoms with van der Waals surface area (Å²) in [6.07, 6.45) is 0. The van der Waals surface area contributed by atoms with E-state index in [1.165, 1.54) is 36.2 Å². The lowest BCUT2D eigenvalue weighted by atomic mass is 10.2. The van der Waals surface area contributed by atoms with Crippen molar-refractivity contribution in [3.8, 4) is 5.75 Å². The van der Waals surface area contributed by atoms with Gasteiger partial charge in [-0.3, -0.25) is 9.59 Å². The first-order valence-corrected chi connectivity index (χ1v) is 7.91. The number of rotatable bonds is 6. The van der Waals surface area contributed by atoms with Crippen LogP contribution in [0, 0.1) is 12.7 Å². The molecule has 0 bridgehead atoms. The number of nitrogens with one attached hydrogen (secondary N) is 1. The SMILES string of the molecule is Cc1cc(OCC(=O)N(C)CC(=O)Nc2ccc(F)cc2)ccc1Cl. The van der Waals surface area contributed by atoms with Gasteiger partial charge in [-0.15, -0.1) is 0 Å². The zero-order valence-electron chi connectivity index (χ0n) is 13.9. The van der Waals surface area contributed by atoms with Crippen molar-refractivity contribution in [2.45, 2.75) is 6.92 Å². The van der Waals surface area contributed by atoms with E-state index in [2.05, 4.69) is 5.32 Å². The predicted molar refractivity (Wildman–Crippen MR) is 94.4 cm³/mol. The highest BCUT2D eigenvalue weighted by Crippen LogP contribution is 2.21. The van der Waals surface area contributed by atoms with Gasteiger partial charge in [0.15, 0.2) is 6.61 Å². The van der Waals surface area contributed by atoms with Gasteiger partial charge < -0.3 is 15.0 Å². The number of carbonyl (C=O) groups excluding carboxylic acids is 2. The highest BCUT2D eigenvalue weighted by atomic mass is 35.5. The molecular weight excluding hydrogens is 347 g/mol. The number of anilines is 1. The van der Waals surface area contributed by atoms with E-state index < -0.39 is 0 Å². The number of carbonyl (C=O) groups is 2. The molecule has 0 saturated carbocycles. The van der Waals surface area contributed by atoms with Crippen molar-refractivity contribution in [1.29, 1.82) is 0 Å². The number of nitrogens with zero attached hydrogens (tertiary/aromatic N) is 1. The van der Waals surface area contributed by atoms with E-state index in [0.29, 0.717) is 16.5 Å². The molecule has 2 rings (SSSR count). The summed E-state index contributed by atoms with van der Waals surface area (Å²) in [5.41, 5.74) is 1.30. The average molecular weight is 365 g/mol. The topological polar surface area (TPSA) is 58.6 Å². The zero-order chi connectivity index (χ0) is 18.4. The zero-order valence-corrected chi connectivity index (χ0v) is 14.6. The monoisotopic (exact) mass is 364 g/mol. The van der Waals surface area contributed by atoms with E-state index in [0.717, 1.165) is 5.56 Å². The van der Waals surface area contributed by atoms with Crippen molar-refractivity contribution >= 4 is 29.1 Å². The van der Waals surface area contributed by atoms with Crippen LogP contribution in [-0.4, -0.2) is 36.9 Å². The lowest BCUT2D eigenvalue weighted by Crippen LogP contribution is -2.37. The lowest BCUT2D eigenvalue weighted by molar-refractivity contribution is -0.135. The Morgan fingerprint density at radius 1 is 1.20 bits per heavy atom. The molecule has 0 aromatic heterocycles. The Kier molecular flexibility index (Phi) is 6.36. The van der Waals surface area contributed by atoms with Gasteiger partial charge in [-0.05, 0) is 55.0 Å². The van der Waals surface area contributed by atoms with Gasteiger partial charge in [-0.1, -0.05) is 11.6 Å². The molecule has 2 aromatic carbocycles. The molecule has 0 spiro atoms. The first kappa shape index (κ1) is 18.7. The molecule has 1 N–H and O–H groups in total. The molecule has 2 amide bonds. The second-order valence-corrected chi connectivity index (χ2v) is 5.91. The van der Waals surface area contributed by atoms with Gasteiger partial charge in [-0.2, -0.15) is 0 Å². The van der Waals surface area contributed by atoms with Crippen molar-refractivity contribution in [2.24, 2.45) is 0 Å². The van der Waals surface area contributed by atoms with Crippen LogP contribution >= 0.6 is 11.6 Å². The molecule has 0 unspecified atom stereocenters. The number of benzene rings is 2. The van der Waals surface area contributed by atoms with Gasteiger partial charge in [0, 0.05) is 17.8 Å². The van der Waals surface area contributed by atoms with E-state index >= 15 is 0 Å². The van der Waals surface area contributed by atoms with Crippen molar-refractivity contribution in [3.63, 3.8) is 0 Å². The molecule has 0 aliphatic rings. The van der Waals surface area contributed by atoms with Gasteiger partial charge in [0.2, 0.25) is 5.91 Å². The first-order valence-electron chi connectivity index (χ1n) is 7.53. The minimum atomic E-state index is -0.389. The van der Waals surface area contributed by atoms with Gasteiger partial charge in [-0.25, -0.2) is 4.39 Å². The Hall–Kier alpha value is -2.60. The smallest absolute Gasteiger partial charge is 0.260 e. The summed E-state index contributed by atoms with van der Waals surface area (Å²) in [6.45, 7) is 1.50. The molecule has 0 saturated heterocycles. The fourth-order valence-corrected chi connectivity index (χ4v) is 2.12. The fourth-order valence-electron chi connectivity index (χ4n) is 2.00. The van der Waals surface area contributed by atoms with Crippen LogP contribution < -0.4 is 10.1 Å². The Bertz CT molecular complexity index is 765. The molecule has 0 heterocycles. The Labute approximate surface area is 150 Å². The largest absolute Gasteiger partial charge is 0.484 e. The summed E-state index contributed by atoms with van der Waals surface area (Å²) in [5.74, 6) is -0.592. The first-order chi connectivity index (χ1) is 11.8. The standard InChI is InChI=1S/C18H18ClFN2O3/c1-12-9-15(7-8-16(12)19)25-11-18(24)22(2)10-17(23)21-14-5-3-13(20)4-6-14/h3-9H,10-11H2,1-2H3,(H,21,23). The van der Waals surface area contributed by atoms with Gasteiger partial charge in [0.05, 0.1) is 6.54 Å². The summed E-state index contributed by atoms with van der Waals surface area (Å²) in [7, 11) is 1.50. The minimum absolute atomic E-state index is 0.140. The third-order valence-electron chi connectivity index (χ3n) is 3.43. The summed E-state index contributed by atoms with van der Waals surface area (Å²) < 4.78 is 18.2. The lowest BCUT2D eigenvalue weighted by Gasteiger charge is -2.17. The highest BCUT2D eigenvalue weighted by molar-refractivity contribution is 6.31. The summed E-state index contributed by atoms with van der Waals surface area (Å²) in [5, 5.41) is 3.21. The molecule has 5 nitrogen and oxygen atoms in total. The Morgan fingerprint density at radius 3 is 2.52 bits per heavy atom. The van der Waals surface area contributed by atoms with E-state index in [1.807, 2.05) is 6.92 Å². The molecule has 132 valence electrons. The maximum atomic E-state index is 12.8. The van der Waals surface area contributed by atoms with Crippen LogP contribution in [0.4, 0.5) is 10.1 Å². The quantitative estimate of drug-likeness (QED) is 0.855. The second kappa shape index (κ2) is 8.48. The Morgan fingerprint density at radius 2 is 1.88 bits per heavy atom. The maximum Gasteiger partial charge on any atom is 0.260 e. The molecule has 2 aromatic rings. The number of likely N-dealkylation sites (N-methyl/N-ethyl adjacent to an activating group) is 1. The second-order valence-electron chi connectivity index (χ2n) is 5.50. The van der Waals surface area contributed by atoms with Crippen LogP contribution in [0.5, 0.6) is 5.75 Å². The predicted octanol–water partition coefficient (Wildman–Crippen LogP) is 3.26. The van der Waals surface area contributed by atoms with E-state index in [4.69, 9.17) is 16.3 Å². The van der Waals surface area contributed by atoms with Gasteiger partial charge in [0.25, 0.3) is 5.91 Å². The van der Waals surface area contributed by atoms with Crippen LogP contribution in [-0.2, 0) is 9.59 Å². The number of amides is 2. The number of halogens is 2. The molecule has 0 aliphatic carbocycles. The van der Waals surface area contributed by atoms with Crippen molar-refractivity contribution in [3.05, 3.63) is 58.9 Å². The molecule has 0 fully saturated rings. The number of ether oxygens (including phenoxy) is 1. The fraction of sp³-hybridized carbons (Fsp3) is 0.222. The van der Waals surface area contributed by atoms with Gasteiger partial charge >= 0.3 is 0 Å². The van der Waals surface area contributed by atoms with Crippen molar-refractivity contribution in [1.82, 2.24) is 4.90 Å².